The fourth-order valence-corrected chi connectivity index (χ4v) is 6.37. The first-order valence-corrected chi connectivity index (χ1v) is 15.4. The molecule has 1 aromatic heterocycles. The summed E-state index contributed by atoms with van der Waals surface area (Å²) in [6.45, 7) is 0. The average molecular weight is 606 g/mol. The monoisotopic (exact) mass is 605 g/mol. The number of aromatic nitrogens is 1. The number of hydrogen-bond donors (Lipinski definition) is 3. The molecule has 2 saturated carbocycles. The number of nitrogens with one attached hydrogen (secondary N) is 3. The molecule has 232 valence electrons. The summed E-state index contributed by atoms with van der Waals surface area (Å²) < 4.78 is 27.7. The maximum absolute atomic E-state index is 14.1. The highest BCUT2D eigenvalue weighted by atomic mass is 19.2. The van der Waals surface area contributed by atoms with Crippen molar-refractivity contribution in [3.8, 4) is 0 Å². The Morgan fingerprint density at radius 2 is 1.68 bits per heavy atom. The molecule has 3 N–H and O–H groups in total. The first-order valence-electron chi connectivity index (χ1n) is 15.4. The second-order valence-corrected chi connectivity index (χ2v) is 12.1. The maximum Gasteiger partial charge on any atom is 0.289 e. The SMILES string of the molecule is O=C(NC1CCCCC1)C(=O)[C@H](C[C@@H]1CCCC1=O)NC(=O)[C@@H](CC(=O)c1cc2ccccc2[nH]1)Cc1ccc(F)c(F)c1. The predicted molar refractivity (Wildman–Crippen MR) is 160 cm³/mol. The minimum atomic E-state index is -1.27. The van der Waals surface area contributed by atoms with Crippen LogP contribution in [0.15, 0.2) is 48.5 Å². The van der Waals surface area contributed by atoms with Crippen molar-refractivity contribution >= 4 is 40.1 Å². The van der Waals surface area contributed by atoms with Gasteiger partial charge in [0.15, 0.2) is 17.4 Å². The van der Waals surface area contributed by atoms with Crippen LogP contribution in [-0.4, -0.2) is 46.2 Å². The number of para-hydroxylation sites is 1. The lowest BCUT2D eigenvalue weighted by atomic mass is 9.90. The highest BCUT2D eigenvalue weighted by molar-refractivity contribution is 6.38. The molecule has 0 saturated heterocycles. The van der Waals surface area contributed by atoms with Gasteiger partial charge in [0.05, 0.1) is 11.7 Å². The van der Waals surface area contributed by atoms with E-state index in [0.29, 0.717) is 19.3 Å². The number of ketones is 3. The van der Waals surface area contributed by atoms with Crippen LogP contribution in [0.25, 0.3) is 10.9 Å². The van der Waals surface area contributed by atoms with E-state index in [1.54, 1.807) is 6.07 Å². The molecule has 10 heteroatoms. The average Bonchev–Trinajstić information content (AvgIpc) is 3.64. The molecule has 1 heterocycles. The van der Waals surface area contributed by atoms with E-state index >= 15 is 0 Å². The van der Waals surface area contributed by atoms with E-state index in [1.807, 2.05) is 24.3 Å². The Bertz CT molecular complexity index is 1530. The van der Waals surface area contributed by atoms with Gasteiger partial charge >= 0.3 is 0 Å². The zero-order valence-corrected chi connectivity index (χ0v) is 24.5. The van der Waals surface area contributed by atoms with Crippen molar-refractivity contribution in [3.63, 3.8) is 0 Å². The second kappa shape index (κ2) is 14.1. The zero-order chi connectivity index (χ0) is 31.2. The van der Waals surface area contributed by atoms with E-state index in [9.17, 15) is 32.8 Å². The number of aromatic amines is 1. The van der Waals surface area contributed by atoms with Crippen molar-refractivity contribution in [2.75, 3.05) is 0 Å². The van der Waals surface area contributed by atoms with Gasteiger partial charge in [0, 0.05) is 41.6 Å². The van der Waals surface area contributed by atoms with Gasteiger partial charge in [0.25, 0.3) is 5.91 Å². The van der Waals surface area contributed by atoms with E-state index in [1.165, 1.54) is 6.07 Å². The van der Waals surface area contributed by atoms with Gasteiger partial charge in [-0.1, -0.05) is 43.5 Å². The van der Waals surface area contributed by atoms with Crippen molar-refractivity contribution in [1.29, 1.82) is 0 Å². The van der Waals surface area contributed by atoms with Crippen molar-refractivity contribution in [2.24, 2.45) is 11.8 Å². The first kappa shape index (κ1) is 31.2. The maximum atomic E-state index is 14.1. The summed E-state index contributed by atoms with van der Waals surface area (Å²) in [4.78, 5) is 69.2. The van der Waals surface area contributed by atoms with Crippen LogP contribution in [0.3, 0.4) is 0 Å². The Balaban J connectivity index is 1.37. The van der Waals surface area contributed by atoms with E-state index in [0.717, 1.165) is 55.1 Å². The van der Waals surface area contributed by atoms with Crippen LogP contribution in [0.1, 0.15) is 80.3 Å². The summed E-state index contributed by atoms with van der Waals surface area (Å²) in [5.74, 6) is -6.40. The van der Waals surface area contributed by atoms with Crippen molar-refractivity contribution in [1.82, 2.24) is 15.6 Å². The number of H-pyrrole nitrogens is 1. The number of carbonyl (C=O) groups is 5. The highest BCUT2D eigenvalue weighted by Gasteiger charge is 2.36. The predicted octanol–water partition coefficient (Wildman–Crippen LogP) is 5.14. The van der Waals surface area contributed by atoms with Gasteiger partial charge in [-0.15, -0.1) is 0 Å². The number of Topliss-reactive ketones (excluding diaryl/α,β-unsaturated/α-hetero) is 3. The number of amides is 2. The summed E-state index contributed by atoms with van der Waals surface area (Å²) in [6, 6.07) is 10.9. The third-order valence-corrected chi connectivity index (χ3v) is 8.85. The minimum Gasteiger partial charge on any atom is -0.352 e. The molecule has 0 bridgehead atoms. The van der Waals surface area contributed by atoms with Crippen molar-refractivity contribution < 1.29 is 32.8 Å². The van der Waals surface area contributed by atoms with Gasteiger partial charge in [0.2, 0.25) is 11.7 Å². The van der Waals surface area contributed by atoms with Crippen LogP contribution < -0.4 is 10.6 Å². The number of hydrogen-bond acceptors (Lipinski definition) is 5. The molecule has 8 nitrogen and oxygen atoms in total. The Morgan fingerprint density at radius 3 is 2.39 bits per heavy atom. The van der Waals surface area contributed by atoms with Crippen molar-refractivity contribution in [3.05, 3.63) is 71.4 Å². The molecule has 2 aliphatic carbocycles. The standard InChI is InChI=1S/C34H37F2N3O5/c35-25-14-13-20(16-26(25)36)15-23(19-31(41)28-17-21-7-4-5-11-27(21)38-28)33(43)39-29(18-22-8-6-12-30(22)40)32(42)34(44)37-24-9-2-1-3-10-24/h4-5,7,11,13-14,16-17,22-24,29,38H,1-3,6,8-10,12,15,18-19H2,(H,37,44)(H,39,43)/t22-,23+,29-/m0/s1. The summed E-state index contributed by atoms with van der Waals surface area (Å²) in [6.07, 6.45) is 5.68. The van der Waals surface area contributed by atoms with Gasteiger partial charge in [-0.3, -0.25) is 24.0 Å². The third kappa shape index (κ3) is 7.65. The molecular formula is C34H37F2N3O5. The highest BCUT2D eigenvalue weighted by Crippen LogP contribution is 2.27. The molecule has 3 atom stereocenters. The van der Waals surface area contributed by atoms with Crippen LogP contribution in [-0.2, 0) is 25.6 Å². The summed E-state index contributed by atoms with van der Waals surface area (Å²) in [7, 11) is 0. The molecular weight excluding hydrogens is 568 g/mol. The topological polar surface area (TPSA) is 125 Å². The lowest BCUT2D eigenvalue weighted by Gasteiger charge is -2.26. The Hall–Kier alpha value is -4.21. The molecule has 0 unspecified atom stereocenters. The first-order chi connectivity index (χ1) is 21.2. The Kier molecular flexibility index (Phi) is 9.97. The Morgan fingerprint density at radius 1 is 0.909 bits per heavy atom. The fraction of sp³-hybridized carbons (Fsp3) is 0.441. The normalized spacial score (nSPS) is 18.6. The second-order valence-electron chi connectivity index (χ2n) is 12.1. The third-order valence-electron chi connectivity index (χ3n) is 8.85. The van der Waals surface area contributed by atoms with Crippen LogP contribution in [0.4, 0.5) is 8.78 Å². The lowest BCUT2D eigenvalue weighted by Crippen LogP contribution is -2.52. The summed E-state index contributed by atoms with van der Waals surface area (Å²) in [5, 5.41) is 6.29. The summed E-state index contributed by atoms with van der Waals surface area (Å²) >= 11 is 0. The van der Waals surface area contributed by atoms with E-state index in [4.69, 9.17) is 0 Å². The molecule has 0 radical (unpaired) electrons. The molecule has 2 fully saturated rings. The molecule has 2 aromatic carbocycles. The van der Waals surface area contributed by atoms with Gasteiger partial charge in [0.1, 0.15) is 5.78 Å². The van der Waals surface area contributed by atoms with Gasteiger partial charge in [-0.05, 0) is 68.4 Å². The number of benzene rings is 2. The molecule has 5 rings (SSSR count). The van der Waals surface area contributed by atoms with Crippen LogP contribution >= 0.6 is 0 Å². The Labute approximate surface area is 254 Å². The van der Waals surface area contributed by atoms with Gasteiger partial charge in [-0.25, -0.2) is 8.78 Å². The largest absolute Gasteiger partial charge is 0.352 e. The smallest absolute Gasteiger partial charge is 0.289 e. The minimum absolute atomic E-state index is 0.0166. The lowest BCUT2D eigenvalue weighted by molar-refractivity contribution is -0.141. The number of carbonyl (C=O) groups excluding carboxylic acids is 5. The molecule has 0 aliphatic heterocycles. The molecule has 2 aliphatic rings. The van der Waals surface area contributed by atoms with E-state index in [2.05, 4.69) is 15.6 Å². The van der Waals surface area contributed by atoms with Crippen LogP contribution in [0.5, 0.6) is 0 Å². The van der Waals surface area contributed by atoms with Gasteiger partial charge < -0.3 is 15.6 Å². The molecule has 44 heavy (non-hydrogen) atoms. The van der Waals surface area contributed by atoms with Crippen molar-refractivity contribution in [2.45, 2.75) is 82.7 Å². The number of rotatable bonds is 12. The molecule has 0 spiro atoms. The summed E-state index contributed by atoms with van der Waals surface area (Å²) in [5.41, 5.74) is 1.32. The number of fused-ring (bicyclic) bond motifs is 1. The number of halogens is 2. The zero-order valence-electron chi connectivity index (χ0n) is 24.5. The quantitative estimate of drug-likeness (QED) is 0.195. The van der Waals surface area contributed by atoms with E-state index < -0.39 is 47.1 Å². The van der Waals surface area contributed by atoms with Crippen LogP contribution in [0, 0.1) is 23.5 Å². The van der Waals surface area contributed by atoms with Crippen LogP contribution in [0.2, 0.25) is 0 Å². The van der Waals surface area contributed by atoms with E-state index in [-0.39, 0.29) is 48.1 Å². The molecule has 3 aromatic rings. The molecule has 2 amide bonds. The van der Waals surface area contributed by atoms with Gasteiger partial charge in [-0.2, -0.15) is 0 Å². The fourth-order valence-electron chi connectivity index (χ4n) is 6.37.